The van der Waals surface area contributed by atoms with E-state index in [1.807, 2.05) is 24.0 Å². The average Bonchev–Trinajstić information content (AvgIpc) is 3.01. The van der Waals surface area contributed by atoms with Gasteiger partial charge in [-0.1, -0.05) is 6.92 Å². The Bertz CT molecular complexity index is 412. The van der Waals surface area contributed by atoms with Crippen LogP contribution >= 0.6 is 24.0 Å². The molecule has 1 saturated heterocycles. The molecule has 2 heterocycles. The maximum absolute atomic E-state index is 4.31. The lowest BCUT2D eigenvalue weighted by Gasteiger charge is -2.32. The Kier molecular flexibility index (Phi) is 9.45. The van der Waals surface area contributed by atoms with Crippen LogP contribution in [-0.4, -0.2) is 59.9 Å². The van der Waals surface area contributed by atoms with Gasteiger partial charge in [0.2, 0.25) is 0 Å². The van der Waals surface area contributed by atoms with E-state index in [0.29, 0.717) is 6.04 Å². The van der Waals surface area contributed by atoms with Crippen molar-refractivity contribution in [3.8, 4) is 0 Å². The summed E-state index contributed by atoms with van der Waals surface area (Å²) in [4.78, 5) is 6.86. The van der Waals surface area contributed by atoms with Crippen molar-refractivity contribution in [2.75, 3.05) is 33.2 Å². The second kappa shape index (κ2) is 10.8. The number of rotatable bonds is 6. The third-order valence-electron chi connectivity index (χ3n) is 3.88. The fraction of sp³-hybridized carbons (Fsp3) is 0.733. The van der Waals surface area contributed by atoms with Crippen molar-refractivity contribution >= 4 is 29.9 Å². The smallest absolute Gasteiger partial charge is 0.191 e. The first-order valence-corrected chi connectivity index (χ1v) is 7.98. The molecule has 1 fully saturated rings. The van der Waals surface area contributed by atoms with Gasteiger partial charge in [-0.2, -0.15) is 5.10 Å². The zero-order valence-corrected chi connectivity index (χ0v) is 16.0. The summed E-state index contributed by atoms with van der Waals surface area (Å²) in [7, 11) is 1.83. The van der Waals surface area contributed by atoms with Gasteiger partial charge in [0.15, 0.2) is 5.96 Å². The zero-order valence-electron chi connectivity index (χ0n) is 13.7. The van der Waals surface area contributed by atoms with Crippen molar-refractivity contribution in [3.63, 3.8) is 0 Å². The molecule has 1 aliphatic heterocycles. The Balaban J connectivity index is 0.00000242. The van der Waals surface area contributed by atoms with Gasteiger partial charge in [-0.05, 0) is 31.9 Å². The monoisotopic (exact) mass is 420 g/mol. The van der Waals surface area contributed by atoms with E-state index in [0.717, 1.165) is 19.0 Å². The van der Waals surface area contributed by atoms with Gasteiger partial charge in [-0.25, -0.2) is 0 Å². The van der Waals surface area contributed by atoms with Gasteiger partial charge in [-0.15, -0.1) is 24.0 Å². The molecule has 1 aromatic heterocycles. The highest BCUT2D eigenvalue weighted by atomic mass is 127. The van der Waals surface area contributed by atoms with Crippen LogP contribution in [0.3, 0.4) is 0 Å². The summed E-state index contributed by atoms with van der Waals surface area (Å²) < 4.78 is 1.92. The molecule has 0 bridgehead atoms. The molecule has 1 aliphatic rings. The van der Waals surface area contributed by atoms with E-state index in [4.69, 9.17) is 0 Å². The van der Waals surface area contributed by atoms with Gasteiger partial charge in [0.1, 0.15) is 0 Å². The van der Waals surface area contributed by atoms with Gasteiger partial charge in [0.05, 0.1) is 6.54 Å². The Morgan fingerprint density at radius 2 is 2.09 bits per heavy atom. The summed E-state index contributed by atoms with van der Waals surface area (Å²) in [5, 5.41) is 11.1. The maximum atomic E-state index is 4.31. The normalized spacial score (nSPS) is 17.1. The number of piperidine rings is 1. The van der Waals surface area contributed by atoms with Gasteiger partial charge in [0, 0.05) is 45.1 Å². The van der Waals surface area contributed by atoms with E-state index in [1.54, 1.807) is 6.20 Å². The van der Waals surface area contributed by atoms with Gasteiger partial charge in [0.25, 0.3) is 0 Å². The van der Waals surface area contributed by atoms with Crippen molar-refractivity contribution in [2.45, 2.75) is 38.8 Å². The molecule has 22 heavy (non-hydrogen) atoms. The molecule has 7 heteroatoms. The number of hydrogen-bond donors (Lipinski definition) is 2. The van der Waals surface area contributed by atoms with Crippen LogP contribution in [0.25, 0.3) is 0 Å². The summed E-state index contributed by atoms with van der Waals surface area (Å²) in [5.74, 6) is 0.899. The van der Waals surface area contributed by atoms with Crippen molar-refractivity contribution < 1.29 is 0 Å². The molecule has 0 atom stereocenters. The summed E-state index contributed by atoms with van der Waals surface area (Å²) in [5.41, 5.74) is 0. The number of hydrogen-bond acceptors (Lipinski definition) is 3. The summed E-state index contributed by atoms with van der Waals surface area (Å²) in [6.45, 7) is 7.53. The molecule has 2 N–H and O–H groups in total. The maximum Gasteiger partial charge on any atom is 0.191 e. The highest BCUT2D eigenvalue weighted by Crippen LogP contribution is 2.10. The minimum Gasteiger partial charge on any atom is -0.355 e. The van der Waals surface area contributed by atoms with Crippen molar-refractivity contribution in [1.82, 2.24) is 25.3 Å². The Morgan fingerprint density at radius 1 is 1.32 bits per heavy atom. The summed E-state index contributed by atoms with van der Waals surface area (Å²) in [6.07, 6.45) is 7.41. The molecule has 2 rings (SSSR count). The number of nitrogens with one attached hydrogen (secondary N) is 2. The first kappa shape index (κ1) is 19.2. The van der Waals surface area contributed by atoms with Crippen LogP contribution in [0.2, 0.25) is 0 Å². The minimum atomic E-state index is 0. The van der Waals surface area contributed by atoms with Crippen LogP contribution in [-0.2, 0) is 6.54 Å². The highest BCUT2D eigenvalue weighted by molar-refractivity contribution is 14.0. The second-order valence-corrected chi connectivity index (χ2v) is 5.53. The van der Waals surface area contributed by atoms with E-state index in [-0.39, 0.29) is 24.0 Å². The lowest BCUT2D eigenvalue weighted by Crippen LogP contribution is -2.49. The number of halogens is 1. The van der Waals surface area contributed by atoms with Gasteiger partial charge < -0.3 is 15.5 Å². The van der Waals surface area contributed by atoms with Crippen LogP contribution in [0.1, 0.15) is 26.2 Å². The van der Waals surface area contributed by atoms with E-state index < -0.39 is 0 Å². The number of aromatic nitrogens is 2. The Hall–Kier alpha value is -0.830. The largest absolute Gasteiger partial charge is 0.355 e. The molecule has 0 saturated carbocycles. The van der Waals surface area contributed by atoms with E-state index in [1.165, 1.54) is 38.9 Å². The van der Waals surface area contributed by atoms with Crippen LogP contribution in [0.5, 0.6) is 0 Å². The molecule has 0 amide bonds. The Labute approximate surface area is 150 Å². The van der Waals surface area contributed by atoms with Crippen LogP contribution in [0, 0.1) is 0 Å². The number of likely N-dealkylation sites (tertiary alicyclic amines) is 1. The third-order valence-corrected chi connectivity index (χ3v) is 3.88. The molecule has 0 spiro atoms. The fourth-order valence-corrected chi connectivity index (χ4v) is 2.73. The zero-order chi connectivity index (χ0) is 14.9. The SMILES string of the molecule is CCCN1CCC(NC(=NC)NCCn2cccn2)CC1.I. The predicted octanol–water partition coefficient (Wildman–Crippen LogP) is 1.54. The van der Waals surface area contributed by atoms with Crippen LogP contribution in [0.4, 0.5) is 0 Å². The van der Waals surface area contributed by atoms with E-state index in [2.05, 4.69) is 32.5 Å². The van der Waals surface area contributed by atoms with Crippen molar-refractivity contribution in [2.24, 2.45) is 4.99 Å². The summed E-state index contributed by atoms with van der Waals surface area (Å²) in [6, 6.07) is 2.48. The van der Waals surface area contributed by atoms with Crippen molar-refractivity contribution in [3.05, 3.63) is 18.5 Å². The molecular formula is C15H29IN6. The first-order chi connectivity index (χ1) is 10.3. The lowest BCUT2D eigenvalue weighted by molar-refractivity contribution is 0.206. The number of aliphatic imine (C=N–C) groups is 1. The van der Waals surface area contributed by atoms with E-state index >= 15 is 0 Å². The average molecular weight is 420 g/mol. The summed E-state index contributed by atoms with van der Waals surface area (Å²) >= 11 is 0. The molecule has 0 aliphatic carbocycles. The predicted molar refractivity (Wildman–Crippen MR) is 102 cm³/mol. The first-order valence-electron chi connectivity index (χ1n) is 7.98. The van der Waals surface area contributed by atoms with Gasteiger partial charge in [-0.3, -0.25) is 9.67 Å². The second-order valence-electron chi connectivity index (χ2n) is 5.53. The quantitative estimate of drug-likeness (QED) is 0.417. The lowest BCUT2D eigenvalue weighted by atomic mass is 10.1. The molecule has 126 valence electrons. The highest BCUT2D eigenvalue weighted by Gasteiger charge is 2.19. The third kappa shape index (κ3) is 6.51. The molecular weight excluding hydrogens is 391 g/mol. The molecule has 0 aromatic carbocycles. The molecule has 1 aromatic rings. The molecule has 0 radical (unpaired) electrons. The topological polar surface area (TPSA) is 57.5 Å². The fourth-order valence-electron chi connectivity index (χ4n) is 2.73. The van der Waals surface area contributed by atoms with Crippen LogP contribution in [0.15, 0.2) is 23.5 Å². The standard InChI is InChI=1S/C15H28N6.HI/c1-3-9-20-11-5-14(6-12-20)19-15(16-2)17-8-13-21-10-4-7-18-21;/h4,7,10,14H,3,5-6,8-9,11-13H2,1-2H3,(H2,16,17,19);1H. The molecule has 0 unspecified atom stereocenters. The van der Waals surface area contributed by atoms with E-state index in [9.17, 15) is 0 Å². The number of guanidine groups is 1. The minimum absolute atomic E-state index is 0. The van der Waals surface area contributed by atoms with Gasteiger partial charge >= 0.3 is 0 Å². The van der Waals surface area contributed by atoms with Crippen molar-refractivity contribution in [1.29, 1.82) is 0 Å². The molecule has 6 nitrogen and oxygen atoms in total. The van der Waals surface area contributed by atoms with Crippen LogP contribution < -0.4 is 10.6 Å². The Morgan fingerprint density at radius 3 is 2.68 bits per heavy atom. The number of nitrogens with zero attached hydrogens (tertiary/aromatic N) is 4.